The smallest absolute Gasteiger partial charge is 0.302 e. The van der Waals surface area contributed by atoms with Crippen LogP contribution in [-0.2, 0) is 21.4 Å². The molecule has 0 N–H and O–H groups in total. The Morgan fingerprint density at radius 3 is 2.48 bits per heavy atom. The number of esters is 1. The van der Waals surface area contributed by atoms with Crippen molar-refractivity contribution >= 4 is 17.6 Å². The molecular formula is C24H23ClFN3O2. The van der Waals surface area contributed by atoms with Crippen molar-refractivity contribution in [1.82, 2.24) is 15.2 Å². The van der Waals surface area contributed by atoms with Gasteiger partial charge in [-0.05, 0) is 43.4 Å². The molecule has 0 amide bonds. The van der Waals surface area contributed by atoms with Gasteiger partial charge in [-0.2, -0.15) is 5.10 Å². The van der Waals surface area contributed by atoms with Crippen LogP contribution in [0.3, 0.4) is 0 Å². The molecule has 5 nitrogen and oxygen atoms in total. The van der Waals surface area contributed by atoms with Gasteiger partial charge in [0.15, 0.2) is 5.82 Å². The number of alkyl halides is 1. The first kappa shape index (κ1) is 21.4. The van der Waals surface area contributed by atoms with Gasteiger partial charge >= 0.3 is 5.97 Å². The minimum atomic E-state index is -0.900. The molecule has 31 heavy (non-hydrogen) atoms. The Hall–Kier alpha value is -2.86. The zero-order chi connectivity index (χ0) is 21.8. The van der Waals surface area contributed by atoms with E-state index in [9.17, 15) is 9.18 Å². The van der Waals surface area contributed by atoms with Gasteiger partial charge < -0.3 is 4.74 Å². The van der Waals surface area contributed by atoms with Gasteiger partial charge in [-0.1, -0.05) is 54.1 Å². The third kappa shape index (κ3) is 4.59. The Kier molecular flexibility index (Phi) is 6.28. The lowest BCUT2D eigenvalue weighted by atomic mass is 9.62. The third-order valence-electron chi connectivity index (χ3n) is 5.63. The summed E-state index contributed by atoms with van der Waals surface area (Å²) < 4.78 is 19.1. The van der Waals surface area contributed by atoms with Gasteiger partial charge in [-0.15, -0.1) is 5.10 Å². The van der Waals surface area contributed by atoms with Crippen molar-refractivity contribution in [3.63, 3.8) is 0 Å². The quantitative estimate of drug-likeness (QED) is 0.378. The minimum absolute atomic E-state index is 0.307. The number of ether oxygens (including phenoxy) is 1. The molecule has 2 aromatic carbocycles. The van der Waals surface area contributed by atoms with E-state index in [1.54, 1.807) is 12.1 Å². The van der Waals surface area contributed by atoms with Crippen molar-refractivity contribution < 1.29 is 13.9 Å². The number of rotatable bonds is 7. The van der Waals surface area contributed by atoms with Crippen LogP contribution < -0.4 is 0 Å². The molecule has 7 heteroatoms. The Balaban J connectivity index is 1.71. The van der Waals surface area contributed by atoms with Crippen LogP contribution in [0.25, 0.3) is 11.3 Å². The summed E-state index contributed by atoms with van der Waals surface area (Å²) in [6.45, 7) is 1.70. The summed E-state index contributed by atoms with van der Waals surface area (Å²) in [5, 5.41) is 9.55. The van der Waals surface area contributed by atoms with E-state index in [1.807, 2.05) is 42.5 Å². The minimum Gasteiger partial charge on any atom is -0.466 e. The number of nitrogens with zero attached hydrogens (tertiary/aromatic N) is 3. The largest absolute Gasteiger partial charge is 0.466 e. The summed E-state index contributed by atoms with van der Waals surface area (Å²) in [4.78, 5) is 15.9. The molecular weight excluding hydrogens is 417 g/mol. The van der Waals surface area contributed by atoms with Crippen molar-refractivity contribution in [2.75, 3.05) is 6.61 Å². The van der Waals surface area contributed by atoms with Crippen LogP contribution in [0, 0.1) is 0 Å². The highest BCUT2D eigenvalue weighted by Gasteiger charge is 2.50. The van der Waals surface area contributed by atoms with Crippen molar-refractivity contribution in [1.29, 1.82) is 0 Å². The SMILES string of the molecule is CC(=O)OCCCc1nnc(C2(c3ccc(Cl)cc3)CC(F)C2)nc1-c1ccccc1. The van der Waals surface area contributed by atoms with E-state index >= 15 is 0 Å². The molecule has 0 bridgehead atoms. The number of benzene rings is 2. The van der Waals surface area contributed by atoms with E-state index in [1.165, 1.54) is 6.92 Å². The maximum Gasteiger partial charge on any atom is 0.302 e. The molecule has 4 rings (SSSR count). The Labute approximate surface area is 185 Å². The number of aromatic nitrogens is 3. The fraction of sp³-hybridized carbons (Fsp3) is 0.333. The number of hydrogen-bond acceptors (Lipinski definition) is 5. The van der Waals surface area contributed by atoms with E-state index in [2.05, 4.69) is 10.2 Å². The molecule has 0 spiro atoms. The first-order valence-corrected chi connectivity index (χ1v) is 10.7. The molecule has 1 aromatic heterocycles. The highest BCUT2D eigenvalue weighted by Crippen LogP contribution is 2.49. The average Bonchev–Trinajstić information content (AvgIpc) is 2.75. The second-order valence-electron chi connectivity index (χ2n) is 7.83. The van der Waals surface area contributed by atoms with E-state index in [-0.39, 0.29) is 5.97 Å². The van der Waals surface area contributed by atoms with Gasteiger partial charge in [0.05, 0.1) is 23.4 Å². The summed E-state index contributed by atoms with van der Waals surface area (Å²) in [5.41, 5.74) is 2.70. The maximum absolute atomic E-state index is 14.1. The lowest BCUT2D eigenvalue weighted by Gasteiger charge is -2.43. The summed E-state index contributed by atoms with van der Waals surface area (Å²) in [5.74, 6) is 0.213. The molecule has 160 valence electrons. The molecule has 1 saturated carbocycles. The molecule has 0 atom stereocenters. The van der Waals surface area contributed by atoms with Crippen LogP contribution in [0.15, 0.2) is 54.6 Å². The van der Waals surface area contributed by atoms with Crippen molar-refractivity contribution in [2.45, 2.75) is 44.2 Å². The monoisotopic (exact) mass is 439 g/mol. The van der Waals surface area contributed by atoms with Gasteiger partial charge in [0, 0.05) is 17.5 Å². The zero-order valence-electron chi connectivity index (χ0n) is 17.2. The standard InChI is InChI=1S/C24H23ClFN3O2/c1-16(30)31-13-5-8-21-22(17-6-3-2-4-7-17)27-23(29-28-21)24(14-20(26)15-24)18-9-11-19(25)12-10-18/h2-4,6-7,9-12,20H,5,8,13-15H2,1H3. The molecule has 0 radical (unpaired) electrons. The molecule has 0 aliphatic heterocycles. The molecule has 1 heterocycles. The number of carbonyl (C=O) groups excluding carboxylic acids is 1. The lowest BCUT2D eigenvalue weighted by Crippen LogP contribution is -2.45. The molecule has 1 aliphatic rings. The van der Waals surface area contributed by atoms with Gasteiger partial charge in [-0.3, -0.25) is 4.79 Å². The molecule has 0 unspecified atom stereocenters. The second-order valence-corrected chi connectivity index (χ2v) is 8.27. The van der Waals surface area contributed by atoms with Gasteiger partial charge in [0.25, 0.3) is 0 Å². The number of carbonyl (C=O) groups is 1. The predicted octanol–water partition coefficient (Wildman–Crippen LogP) is 5.11. The van der Waals surface area contributed by atoms with E-state index in [4.69, 9.17) is 21.3 Å². The Morgan fingerprint density at radius 1 is 1.13 bits per heavy atom. The second kappa shape index (κ2) is 9.10. The van der Waals surface area contributed by atoms with Crippen LogP contribution in [0.1, 0.15) is 43.3 Å². The summed E-state index contributed by atoms with van der Waals surface area (Å²) >= 11 is 6.05. The lowest BCUT2D eigenvalue weighted by molar-refractivity contribution is -0.141. The molecule has 1 aliphatic carbocycles. The van der Waals surface area contributed by atoms with Crippen LogP contribution in [0.2, 0.25) is 5.02 Å². The number of aryl methyl sites for hydroxylation is 1. The summed E-state index contributed by atoms with van der Waals surface area (Å²) in [6.07, 6.45) is 0.914. The van der Waals surface area contributed by atoms with E-state index < -0.39 is 11.6 Å². The maximum atomic E-state index is 14.1. The topological polar surface area (TPSA) is 65.0 Å². The highest BCUT2D eigenvalue weighted by atomic mass is 35.5. The van der Waals surface area contributed by atoms with Crippen LogP contribution in [0.5, 0.6) is 0 Å². The van der Waals surface area contributed by atoms with Crippen molar-refractivity contribution in [3.05, 3.63) is 76.7 Å². The first-order valence-electron chi connectivity index (χ1n) is 10.3. The van der Waals surface area contributed by atoms with Gasteiger partial charge in [0.2, 0.25) is 0 Å². The highest BCUT2D eigenvalue weighted by molar-refractivity contribution is 6.30. The van der Waals surface area contributed by atoms with Crippen LogP contribution >= 0.6 is 11.6 Å². The normalized spacial score (nSPS) is 20.2. The number of hydrogen-bond donors (Lipinski definition) is 0. The van der Waals surface area contributed by atoms with Crippen LogP contribution in [-0.4, -0.2) is 33.9 Å². The van der Waals surface area contributed by atoms with Gasteiger partial charge in [-0.25, -0.2) is 9.37 Å². The number of halogens is 2. The average molecular weight is 440 g/mol. The van der Waals surface area contributed by atoms with Gasteiger partial charge in [0.1, 0.15) is 6.17 Å². The van der Waals surface area contributed by atoms with Crippen molar-refractivity contribution in [3.8, 4) is 11.3 Å². The summed E-state index contributed by atoms with van der Waals surface area (Å²) in [6, 6.07) is 17.2. The van der Waals surface area contributed by atoms with E-state index in [0.717, 1.165) is 22.5 Å². The van der Waals surface area contributed by atoms with E-state index in [0.29, 0.717) is 43.1 Å². The Bertz CT molecular complexity index is 1050. The predicted molar refractivity (Wildman–Crippen MR) is 117 cm³/mol. The zero-order valence-corrected chi connectivity index (χ0v) is 18.0. The molecule has 1 fully saturated rings. The molecule has 0 saturated heterocycles. The van der Waals surface area contributed by atoms with Crippen LogP contribution in [0.4, 0.5) is 4.39 Å². The Morgan fingerprint density at radius 2 is 1.84 bits per heavy atom. The summed E-state index contributed by atoms with van der Waals surface area (Å²) in [7, 11) is 0. The third-order valence-corrected chi connectivity index (χ3v) is 5.88. The molecule has 3 aromatic rings. The first-order chi connectivity index (χ1) is 15.0. The fourth-order valence-corrected chi connectivity index (χ4v) is 4.14. The van der Waals surface area contributed by atoms with Crippen molar-refractivity contribution in [2.24, 2.45) is 0 Å². The fourth-order valence-electron chi connectivity index (χ4n) is 4.01.